The van der Waals surface area contributed by atoms with Crippen LogP contribution in [-0.2, 0) is 14.8 Å². The first-order valence-corrected chi connectivity index (χ1v) is 11.2. The Labute approximate surface area is 180 Å². The zero-order chi connectivity index (χ0) is 21.6. The van der Waals surface area contributed by atoms with E-state index in [1.807, 2.05) is 0 Å². The highest BCUT2D eigenvalue weighted by Crippen LogP contribution is 2.34. The van der Waals surface area contributed by atoms with Crippen LogP contribution in [0, 0.1) is 0 Å². The Morgan fingerprint density at radius 1 is 1.17 bits per heavy atom. The molecule has 0 aromatic heterocycles. The molecule has 0 aliphatic carbocycles. The van der Waals surface area contributed by atoms with Crippen molar-refractivity contribution in [3.05, 3.63) is 52.5 Å². The molecule has 2 aromatic carbocycles. The van der Waals surface area contributed by atoms with Crippen LogP contribution in [0.4, 0.5) is 5.69 Å². The van der Waals surface area contributed by atoms with Crippen molar-refractivity contribution in [2.45, 2.75) is 13.0 Å². The Hall–Kier alpha value is -2.16. The van der Waals surface area contributed by atoms with Gasteiger partial charge >= 0.3 is 0 Å². The van der Waals surface area contributed by atoms with Crippen molar-refractivity contribution < 1.29 is 22.7 Å². The first-order chi connectivity index (χ1) is 13.6. The molecule has 0 spiro atoms. The molecule has 0 heterocycles. The molecule has 0 radical (unpaired) electrons. The fourth-order valence-electron chi connectivity index (χ4n) is 2.66. The molecule has 10 heteroatoms. The number of nitrogens with one attached hydrogen (secondary N) is 1. The maximum Gasteiger partial charge on any atom is 0.243 e. The summed E-state index contributed by atoms with van der Waals surface area (Å²) >= 11 is 12.0. The Morgan fingerprint density at radius 3 is 2.48 bits per heavy atom. The van der Waals surface area contributed by atoms with Gasteiger partial charge in [-0.1, -0.05) is 35.3 Å². The van der Waals surface area contributed by atoms with Gasteiger partial charge in [-0.2, -0.15) is 0 Å². The SMILES string of the molecule is COc1ccc(Cl)cc1N(C(C)C(=O)NCCOc1ccccc1Cl)S(C)(=O)=O. The molecule has 7 nitrogen and oxygen atoms in total. The zero-order valence-electron chi connectivity index (χ0n) is 16.2. The summed E-state index contributed by atoms with van der Waals surface area (Å²) in [7, 11) is -2.40. The topological polar surface area (TPSA) is 84.9 Å². The molecule has 1 unspecified atom stereocenters. The Kier molecular flexibility index (Phi) is 8.01. The molecule has 0 aliphatic heterocycles. The van der Waals surface area contributed by atoms with Gasteiger partial charge < -0.3 is 14.8 Å². The minimum absolute atomic E-state index is 0.165. The highest BCUT2D eigenvalue weighted by molar-refractivity contribution is 7.92. The normalized spacial score (nSPS) is 12.2. The van der Waals surface area contributed by atoms with E-state index in [1.54, 1.807) is 30.3 Å². The fraction of sp³-hybridized carbons (Fsp3) is 0.316. The Morgan fingerprint density at radius 2 is 1.86 bits per heavy atom. The van der Waals surface area contributed by atoms with Gasteiger partial charge in [0.1, 0.15) is 24.1 Å². The number of ether oxygens (including phenoxy) is 2. The van der Waals surface area contributed by atoms with E-state index in [4.69, 9.17) is 32.7 Å². The molecule has 0 saturated carbocycles. The van der Waals surface area contributed by atoms with E-state index in [-0.39, 0.29) is 24.6 Å². The molecule has 2 aromatic rings. The molecule has 0 bridgehead atoms. The lowest BCUT2D eigenvalue weighted by Gasteiger charge is -2.29. The molecule has 158 valence electrons. The van der Waals surface area contributed by atoms with Crippen molar-refractivity contribution in [2.24, 2.45) is 0 Å². The van der Waals surface area contributed by atoms with Gasteiger partial charge in [0.2, 0.25) is 15.9 Å². The third-order valence-corrected chi connectivity index (χ3v) is 5.74. The predicted molar refractivity (Wildman–Crippen MR) is 115 cm³/mol. The van der Waals surface area contributed by atoms with Crippen molar-refractivity contribution >= 4 is 44.8 Å². The number of hydrogen-bond acceptors (Lipinski definition) is 5. The van der Waals surface area contributed by atoms with Crippen LogP contribution in [0.25, 0.3) is 0 Å². The molecule has 2 rings (SSSR count). The summed E-state index contributed by atoms with van der Waals surface area (Å²) in [6.45, 7) is 1.81. The minimum Gasteiger partial charge on any atom is -0.495 e. The monoisotopic (exact) mass is 460 g/mol. The summed E-state index contributed by atoms with van der Waals surface area (Å²) in [4.78, 5) is 12.6. The van der Waals surface area contributed by atoms with Crippen molar-refractivity contribution in [2.75, 3.05) is 30.8 Å². The molecule has 0 aliphatic rings. The second-order valence-electron chi connectivity index (χ2n) is 6.12. The van der Waals surface area contributed by atoms with Crippen LogP contribution in [0.2, 0.25) is 10.0 Å². The number of amides is 1. The molecule has 0 saturated heterocycles. The third kappa shape index (κ3) is 6.16. The lowest BCUT2D eigenvalue weighted by molar-refractivity contribution is -0.121. The van der Waals surface area contributed by atoms with E-state index in [1.165, 1.54) is 26.2 Å². The summed E-state index contributed by atoms with van der Waals surface area (Å²) in [5, 5.41) is 3.44. The number of halogens is 2. The first-order valence-electron chi connectivity index (χ1n) is 8.63. The number of benzene rings is 2. The van der Waals surface area contributed by atoms with Crippen LogP contribution in [0.15, 0.2) is 42.5 Å². The van der Waals surface area contributed by atoms with Crippen LogP contribution >= 0.6 is 23.2 Å². The predicted octanol–water partition coefficient (Wildman–Crippen LogP) is 3.35. The van der Waals surface area contributed by atoms with E-state index in [0.29, 0.717) is 15.8 Å². The van der Waals surface area contributed by atoms with Crippen LogP contribution in [0.1, 0.15) is 6.92 Å². The van der Waals surface area contributed by atoms with Crippen LogP contribution in [0.5, 0.6) is 11.5 Å². The van der Waals surface area contributed by atoms with E-state index >= 15 is 0 Å². The number of sulfonamides is 1. The van der Waals surface area contributed by atoms with E-state index in [0.717, 1.165) is 10.6 Å². The molecule has 1 atom stereocenters. The standard InChI is InChI=1S/C19H22Cl2N2O5S/c1-13(19(24)22-10-11-28-17-7-5-4-6-15(17)21)23(29(3,25)26)16-12-14(20)8-9-18(16)27-2/h4-9,12-13H,10-11H2,1-3H3,(H,22,24). The van der Waals surface area contributed by atoms with Gasteiger partial charge in [0, 0.05) is 5.02 Å². The van der Waals surface area contributed by atoms with Crippen LogP contribution < -0.4 is 19.1 Å². The highest BCUT2D eigenvalue weighted by Gasteiger charge is 2.31. The molecule has 29 heavy (non-hydrogen) atoms. The second kappa shape index (κ2) is 10.0. The summed E-state index contributed by atoms with van der Waals surface area (Å²) in [5.41, 5.74) is 0.178. The number of hydrogen-bond donors (Lipinski definition) is 1. The molecule has 1 N–H and O–H groups in total. The van der Waals surface area contributed by atoms with Gasteiger partial charge in [0.05, 0.1) is 30.6 Å². The lowest BCUT2D eigenvalue weighted by Crippen LogP contribution is -2.48. The van der Waals surface area contributed by atoms with Crippen molar-refractivity contribution in [1.82, 2.24) is 5.32 Å². The summed E-state index contributed by atoms with van der Waals surface area (Å²) in [6, 6.07) is 10.5. The fourth-order valence-corrected chi connectivity index (χ4v) is 4.19. The summed E-state index contributed by atoms with van der Waals surface area (Å²) in [5.74, 6) is 0.277. The van der Waals surface area contributed by atoms with E-state index in [2.05, 4.69) is 5.32 Å². The minimum atomic E-state index is -3.81. The number of carbonyl (C=O) groups excluding carboxylic acids is 1. The first kappa shape index (κ1) is 23.1. The maximum atomic E-state index is 12.6. The number of para-hydroxylation sites is 1. The molecule has 1 amide bonds. The van der Waals surface area contributed by atoms with Crippen LogP contribution in [0.3, 0.4) is 0 Å². The number of methoxy groups -OCH3 is 1. The third-order valence-electron chi connectivity index (χ3n) is 3.96. The van der Waals surface area contributed by atoms with Gasteiger partial charge in [-0.05, 0) is 37.3 Å². The average molecular weight is 461 g/mol. The smallest absolute Gasteiger partial charge is 0.243 e. The summed E-state index contributed by atoms with van der Waals surface area (Å²) in [6.07, 6.45) is 1.01. The highest BCUT2D eigenvalue weighted by atomic mass is 35.5. The van der Waals surface area contributed by atoms with Crippen molar-refractivity contribution in [1.29, 1.82) is 0 Å². The van der Waals surface area contributed by atoms with Gasteiger partial charge in [0.25, 0.3) is 0 Å². The zero-order valence-corrected chi connectivity index (χ0v) is 18.5. The largest absolute Gasteiger partial charge is 0.495 e. The quantitative estimate of drug-likeness (QED) is 0.579. The van der Waals surface area contributed by atoms with Gasteiger partial charge in [-0.15, -0.1) is 0 Å². The molecular weight excluding hydrogens is 439 g/mol. The van der Waals surface area contributed by atoms with Crippen molar-refractivity contribution in [3.63, 3.8) is 0 Å². The van der Waals surface area contributed by atoms with Crippen LogP contribution in [-0.4, -0.2) is 46.9 Å². The average Bonchev–Trinajstić information content (AvgIpc) is 2.65. The van der Waals surface area contributed by atoms with Crippen molar-refractivity contribution in [3.8, 4) is 11.5 Å². The van der Waals surface area contributed by atoms with E-state index in [9.17, 15) is 13.2 Å². The molecular formula is C19H22Cl2N2O5S. The molecule has 0 fully saturated rings. The van der Waals surface area contributed by atoms with Gasteiger partial charge in [-0.25, -0.2) is 8.42 Å². The lowest BCUT2D eigenvalue weighted by atomic mass is 10.2. The Balaban J connectivity index is 2.10. The number of anilines is 1. The van der Waals surface area contributed by atoms with Gasteiger partial charge in [0.15, 0.2) is 0 Å². The summed E-state index contributed by atoms with van der Waals surface area (Å²) < 4.78 is 36.6. The number of rotatable bonds is 9. The Bertz CT molecular complexity index is 969. The number of carbonyl (C=O) groups is 1. The van der Waals surface area contributed by atoms with Gasteiger partial charge in [-0.3, -0.25) is 9.10 Å². The maximum absolute atomic E-state index is 12.6. The van der Waals surface area contributed by atoms with E-state index < -0.39 is 22.0 Å². The number of nitrogens with zero attached hydrogens (tertiary/aromatic N) is 1. The second-order valence-corrected chi connectivity index (χ2v) is 8.82.